The molecule has 114 valence electrons. The molecule has 1 fully saturated rings. The number of aromatic nitrogens is 1. The van der Waals surface area contributed by atoms with Crippen molar-refractivity contribution in [2.45, 2.75) is 20.4 Å². The molecule has 0 amide bonds. The van der Waals surface area contributed by atoms with Crippen molar-refractivity contribution in [2.24, 2.45) is 0 Å². The predicted molar refractivity (Wildman–Crippen MR) is 75.9 cm³/mol. The summed E-state index contributed by atoms with van der Waals surface area (Å²) in [6.45, 7) is 7.94. The minimum atomic E-state index is -3.29. The van der Waals surface area contributed by atoms with Crippen LogP contribution in [-0.4, -0.2) is 56.8 Å². The van der Waals surface area contributed by atoms with Crippen molar-refractivity contribution in [1.82, 2.24) is 19.9 Å². The summed E-state index contributed by atoms with van der Waals surface area (Å²) in [6, 6.07) is 0. The molecular formula is C12H22N4O3S. The van der Waals surface area contributed by atoms with Gasteiger partial charge in [0.15, 0.2) is 0 Å². The van der Waals surface area contributed by atoms with Gasteiger partial charge in [-0.25, -0.2) is 18.1 Å². The molecule has 0 unspecified atom stereocenters. The summed E-state index contributed by atoms with van der Waals surface area (Å²) in [5.41, 5.74) is 0.792. The molecule has 1 aliphatic rings. The van der Waals surface area contributed by atoms with E-state index in [4.69, 9.17) is 4.42 Å². The number of rotatable bonds is 6. The van der Waals surface area contributed by atoms with Crippen LogP contribution in [-0.2, 0) is 16.6 Å². The molecular weight excluding hydrogens is 280 g/mol. The minimum absolute atomic E-state index is 0.103. The average Bonchev–Trinajstić information content (AvgIpc) is 2.75. The minimum Gasteiger partial charge on any atom is -0.444 e. The van der Waals surface area contributed by atoms with Crippen LogP contribution in [0.2, 0.25) is 0 Å². The van der Waals surface area contributed by atoms with Gasteiger partial charge in [-0.2, -0.15) is 0 Å². The van der Waals surface area contributed by atoms with Gasteiger partial charge in [-0.1, -0.05) is 0 Å². The van der Waals surface area contributed by atoms with Crippen molar-refractivity contribution < 1.29 is 12.8 Å². The van der Waals surface area contributed by atoms with Gasteiger partial charge in [0, 0.05) is 32.7 Å². The molecule has 0 atom stereocenters. The molecule has 2 rings (SSSR count). The second-order valence-corrected chi connectivity index (χ2v) is 6.91. The maximum atomic E-state index is 11.9. The Kier molecular flexibility index (Phi) is 5.14. The lowest BCUT2D eigenvalue weighted by Gasteiger charge is -2.26. The van der Waals surface area contributed by atoms with Crippen molar-refractivity contribution in [1.29, 1.82) is 0 Å². The van der Waals surface area contributed by atoms with Gasteiger partial charge in [-0.15, -0.1) is 0 Å². The molecule has 1 aromatic rings. The fourth-order valence-corrected chi connectivity index (χ4v) is 3.03. The van der Waals surface area contributed by atoms with Gasteiger partial charge in [-0.05, 0) is 13.8 Å². The smallest absolute Gasteiger partial charge is 0.213 e. The van der Waals surface area contributed by atoms with Gasteiger partial charge < -0.3 is 9.73 Å². The summed E-state index contributed by atoms with van der Waals surface area (Å²) in [4.78, 5) is 6.30. The molecule has 1 aromatic heterocycles. The Hall–Kier alpha value is -0.960. The summed E-state index contributed by atoms with van der Waals surface area (Å²) in [5, 5.41) is 3.24. The SMILES string of the molecule is Cc1nc(CNS(=O)(=O)CCN2CCNCC2)oc1C. The van der Waals surface area contributed by atoms with Crippen LogP contribution in [0, 0.1) is 13.8 Å². The van der Waals surface area contributed by atoms with Crippen molar-refractivity contribution in [3.63, 3.8) is 0 Å². The Balaban J connectivity index is 1.78. The van der Waals surface area contributed by atoms with Crippen molar-refractivity contribution in [3.05, 3.63) is 17.3 Å². The van der Waals surface area contributed by atoms with Crippen LogP contribution in [0.1, 0.15) is 17.3 Å². The van der Waals surface area contributed by atoms with Gasteiger partial charge in [0.1, 0.15) is 5.76 Å². The number of nitrogens with zero attached hydrogens (tertiary/aromatic N) is 2. The Morgan fingerprint density at radius 1 is 1.35 bits per heavy atom. The molecule has 1 saturated heterocycles. The molecule has 1 aliphatic heterocycles. The van der Waals surface area contributed by atoms with Gasteiger partial charge in [-0.3, -0.25) is 4.90 Å². The Bertz CT molecular complexity index is 515. The zero-order valence-electron chi connectivity index (χ0n) is 12.0. The monoisotopic (exact) mass is 302 g/mol. The van der Waals surface area contributed by atoms with Crippen LogP contribution in [0.15, 0.2) is 4.42 Å². The third kappa shape index (κ3) is 4.55. The van der Waals surface area contributed by atoms with Gasteiger partial charge in [0.05, 0.1) is 18.0 Å². The Morgan fingerprint density at radius 2 is 2.05 bits per heavy atom. The molecule has 2 N–H and O–H groups in total. The first-order valence-electron chi connectivity index (χ1n) is 6.79. The number of oxazole rings is 1. The van der Waals surface area contributed by atoms with E-state index in [1.807, 2.05) is 13.8 Å². The molecule has 0 saturated carbocycles. The quantitative estimate of drug-likeness (QED) is 0.744. The van der Waals surface area contributed by atoms with E-state index in [0.717, 1.165) is 37.6 Å². The molecule has 0 radical (unpaired) electrons. The molecule has 0 aliphatic carbocycles. The second-order valence-electron chi connectivity index (χ2n) is 4.98. The summed E-state index contributed by atoms with van der Waals surface area (Å²) in [6.07, 6.45) is 0. The number of hydrogen-bond acceptors (Lipinski definition) is 6. The Morgan fingerprint density at radius 3 is 2.65 bits per heavy atom. The van der Waals surface area contributed by atoms with Crippen molar-refractivity contribution in [3.8, 4) is 0 Å². The van der Waals surface area contributed by atoms with Crippen LogP contribution >= 0.6 is 0 Å². The highest BCUT2D eigenvalue weighted by Gasteiger charge is 2.16. The third-order valence-electron chi connectivity index (χ3n) is 3.40. The first kappa shape index (κ1) is 15.4. The topological polar surface area (TPSA) is 87.5 Å². The number of sulfonamides is 1. The zero-order valence-corrected chi connectivity index (χ0v) is 12.8. The summed E-state index contributed by atoms with van der Waals surface area (Å²) < 4.78 is 31.7. The lowest BCUT2D eigenvalue weighted by molar-refractivity contribution is 0.253. The summed E-state index contributed by atoms with van der Waals surface area (Å²) >= 11 is 0. The van der Waals surface area contributed by atoms with E-state index in [1.54, 1.807) is 0 Å². The van der Waals surface area contributed by atoms with E-state index in [2.05, 4.69) is 19.9 Å². The normalized spacial score (nSPS) is 17.5. The van der Waals surface area contributed by atoms with Crippen molar-refractivity contribution >= 4 is 10.0 Å². The highest BCUT2D eigenvalue weighted by Crippen LogP contribution is 2.08. The zero-order chi connectivity index (χ0) is 14.6. The first-order valence-corrected chi connectivity index (χ1v) is 8.45. The first-order chi connectivity index (χ1) is 9.46. The largest absolute Gasteiger partial charge is 0.444 e. The highest BCUT2D eigenvalue weighted by molar-refractivity contribution is 7.89. The molecule has 0 bridgehead atoms. The number of hydrogen-bond donors (Lipinski definition) is 2. The molecule has 8 heteroatoms. The molecule has 20 heavy (non-hydrogen) atoms. The average molecular weight is 302 g/mol. The van der Waals surface area contributed by atoms with E-state index < -0.39 is 10.0 Å². The van der Waals surface area contributed by atoms with Gasteiger partial charge in [0.2, 0.25) is 15.9 Å². The maximum Gasteiger partial charge on any atom is 0.213 e. The summed E-state index contributed by atoms with van der Waals surface area (Å²) in [7, 11) is -3.29. The number of piperazine rings is 1. The van der Waals surface area contributed by atoms with E-state index in [-0.39, 0.29) is 12.3 Å². The third-order valence-corrected chi connectivity index (χ3v) is 4.71. The van der Waals surface area contributed by atoms with E-state index in [1.165, 1.54) is 0 Å². The standard InChI is InChI=1S/C12H22N4O3S/c1-10-11(2)19-12(15-10)9-14-20(17,18)8-7-16-5-3-13-4-6-16/h13-14H,3-9H2,1-2H3. The van der Waals surface area contributed by atoms with E-state index >= 15 is 0 Å². The van der Waals surface area contributed by atoms with Gasteiger partial charge >= 0.3 is 0 Å². The predicted octanol–water partition coefficient (Wildman–Crippen LogP) is -0.384. The van der Waals surface area contributed by atoms with Crippen LogP contribution in [0.25, 0.3) is 0 Å². The number of nitrogens with one attached hydrogen (secondary N) is 2. The van der Waals surface area contributed by atoms with Crippen LogP contribution in [0.5, 0.6) is 0 Å². The molecule has 0 aromatic carbocycles. The van der Waals surface area contributed by atoms with Crippen LogP contribution < -0.4 is 10.0 Å². The Labute approximate surface area is 119 Å². The fourth-order valence-electron chi connectivity index (χ4n) is 2.04. The molecule has 0 spiro atoms. The molecule has 7 nitrogen and oxygen atoms in total. The van der Waals surface area contributed by atoms with Crippen LogP contribution in [0.3, 0.4) is 0 Å². The van der Waals surface area contributed by atoms with Gasteiger partial charge in [0.25, 0.3) is 0 Å². The lowest BCUT2D eigenvalue weighted by atomic mass is 10.4. The lowest BCUT2D eigenvalue weighted by Crippen LogP contribution is -2.45. The number of aryl methyl sites for hydroxylation is 2. The van der Waals surface area contributed by atoms with Crippen molar-refractivity contribution in [2.75, 3.05) is 38.5 Å². The summed E-state index contributed by atoms with van der Waals surface area (Å²) in [5.74, 6) is 1.23. The second kappa shape index (κ2) is 6.66. The fraction of sp³-hybridized carbons (Fsp3) is 0.750. The maximum absolute atomic E-state index is 11.9. The molecule has 2 heterocycles. The van der Waals surface area contributed by atoms with E-state index in [0.29, 0.717) is 12.4 Å². The van der Waals surface area contributed by atoms with E-state index in [9.17, 15) is 8.42 Å². The van der Waals surface area contributed by atoms with Crippen LogP contribution in [0.4, 0.5) is 0 Å². The highest BCUT2D eigenvalue weighted by atomic mass is 32.2.